The van der Waals surface area contributed by atoms with Crippen LogP contribution in [0.4, 0.5) is 11.4 Å². The van der Waals surface area contributed by atoms with Crippen LogP contribution in [0.2, 0.25) is 10.0 Å². The Hall–Kier alpha value is -2.05. The summed E-state index contributed by atoms with van der Waals surface area (Å²) >= 11 is 11.8. The van der Waals surface area contributed by atoms with Gasteiger partial charge in [0.15, 0.2) is 5.75 Å². The van der Waals surface area contributed by atoms with Crippen molar-refractivity contribution in [2.75, 3.05) is 5.73 Å². The van der Waals surface area contributed by atoms with E-state index < -0.39 is 4.92 Å². The molecule has 0 amide bonds. The number of aromatic nitrogens is 1. The van der Waals surface area contributed by atoms with Crippen LogP contribution in [-0.2, 0) is 6.61 Å². The summed E-state index contributed by atoms with van der Waals surface area (Å²) in [6, 6.07) is 5.65. The first-order chi connectivity index (χ1) is 9.47. The van der Waals surface area contributed by atoms with Gasteiger partial charge in [-0.25, -0.2) is 0 Å². The van der Waals surface area contributed by atoms with Crippen LogP contribution in [0, 0.1) is 10.1 Å². The first-order valence-corrected chi connectivity index (χ1v) is 6.19. The molecule has 1 heterocycles. The number of non-ortho nitro benzene ring substituents is 1. The standard InChI is InChI=1S/C12H9Cl2N3O3/c13-10-4-9(17(18)19)5-11(14)12(10)20-6-8-3-7(15)1-2-16-8/h1-5H,6H2,(H2,15,16). The zero-order chi connectivity index (χ0) is 14.7. The van der Waals surface area contributed by atoms with Crippen molar-refractivity contribution in [2.24, 2.45) is 0 Å². The number of halogens is 2. The van der Waals surface area contributed by atoms with Gasteiger partial charge in [0, 0.05) is 24.0 Å². The average molecular weight is 314 g/mol. The number of hydrogen-bond acceptors (Lipinski definition) is 5. The van der Waals surface area contributed by atoms with E-state index in [2.05, 4.69) is 4.98 Å². The van der Waals surface area contributed by atoms with Gasteiger partial charge >= 0.3 is 0 Å². The Bertz CT molecular complexity index is 641. The number of nitro groups is 1. The maximum absolute atomic E-state index is 10.7. The van der Waals surface area contributed by atoms with Crippen LogP contribution in [0.25, 0.3) is 0 Å². The lowest BCUT2D eigenvalue weighted by molar-refractivity contribution is -0.384. The Balaban J connectivity index is 2.20. The van der Waals surface area contributed by atoms with Crippen molar-refractivity contribution in [3.63, 3.8) is 0 Å². The largest absolute Gasteiger partial charge is 0.484 e. The van der Waals surface area contributed by atoms with Crippen molar-refractivity contribution in [3.8, 4) is 5.75 Å². The second-order valence-corrected chi connectivity index (χ2v) is 4.68. The zero-order valence-electron chi connectivity index (χ0n) is 10.0. The lowest BCUT2D eigenvalue weighted by Crippen LogP contribution is -2.00. The van der Waals surface area contributed by atoms with Gasteiger partial charge in [0.1, 0.15) is 6.61 Å². The Morgan fingerprint density at radius 2 is 1.95 bits per heavy atom. The van der Waals surface area contributed by atoms with Crippen molar-refractivity contribution in [2.45, 2.75) is 6.61 Å². The fraction of sp³-hybridized carbons (Fsp3) is 0.0833. The summed E-state index contributed by atoms with van der Waals surface area (Å²) in [5.41, 5.74) is 6.57. The lowest BCUT2D eigenvalue weighted by Gasteiger charge is -2.09. The van der Waals surface area contributed by atoms with Crippen molar-refractivity contribution in [1.29, 1.82) is 0 Å². The smallest absolute Gasteiger partial charge is 0.272 e. The summed E-state index contributed by atoms with van der Waals surface area (Å²) in [6.07, 6.45) is 1.55. The number of rotatable bonds is 4. The number of nitrogen functional groups attached to an aromatic ring is 1. The average Bonchev–Trinajstić information content (AvgIpc) is 2.37. The van der Waals surface area contributed by atoms with Crippen LogP contribution < -0.4 is 10.5 Å². The number of nitrogens with zero attached hydrogens (tertiary/aromatic N) is 2. The van der Waals surface area contributed by atoms with Gasteiger partial charge in [-0.15, -0.1) is 0 Å². The molecule has 0 radical (unpaired) electrons. The highest BCUT2D eigenvalue weighted by Gasteiger charge is 2.16. The molecule has 8 heteroatoms. The zero-order valence-corrected chi connectivity index (χ0v) is 11.6. The molecule has 0 aliphatic heterocycles. The van der Waals surface area contributed by atoms with Gasteiger partial charge in [-0.2, -0.15) is 0 Å². The number of ether oxygens (including phenoxy) is 1. The fourth-order valence-electron chi connectivity index (χ4n) is 1.51. The van der Waals surface area contributed by atoms with Crippen LogP contribution >= 0.6 is 23.2 Å². The van der Waals surface area contributed by atoms with E-state index in [4.69, 9.17) is 33.7 Å². The molecule has 0 unspecified atom stereocenters. The van der Waals surface area contributed by atoms with Crippen LogP contribution in [0.1, 0.15) is 5.69 Å². The minimum Gasteiger partial charge on any atom is -0.484 e. The van der Waals surface area contributed by atoms with E-state index >= 15 is 0 Å². The molecule has 0 aliphatic carbocycles. The van der Waals surface area contributed by atoms with Crippen LogP contribution in [0.15, 0.2) is 30.5 Å². The van der Waals surface area contributed by atoms with Crippen molar-refractivity contribution >= 4 is 34.6 Å². The van der Waals surface area contributed by atoms with Crippen LogP contribution in [0.5, 0.6) is 5.75 Å². The third-order valence-electron chi connectivity index (χ3n) is 2.40. The molecular weight excluding hydrogens is 305 g/mol. The maximum atomic E-state index is 10.7. The van der Waals surface area contributed by atoms with Gasteiger partial charge in [0.25, 0.3) is 5.69 Å². The molecule has 6 nitrogen and oxygen atoms in total. The highest BCUT2D eigenvalue weighted by molar-refractivity contribution is 6.37. The molecule has 1 aromatic heterocycles. The highest BCUT2D eigenvalue weighted by Crippen LogP contribution is 2.37. The predicted octanol–water partition coefficient (Wildman–Crippen LogP) is 3.46. The first-order valence-electron chi connectivity index (χ1n) is 5.44. The summed E-state index contributed by atoms with van der Waals surface area (Å²) in [5, 5.41) is 10.8. The van der Waals surface area contributed by atoms with E-state index in [1.54, 1.807) is 18.3 Å². The third-order valence-corrected chi connectivity index (χ3v) is 2.96. The molecule has 0 spiro atoms. The van der Waals surface area contributed by atoms with E-state index in [1.807, 2.05) is 0 Å². The molecule has 2 N–H and O–H groups in total. The van der Waals surface area contributed by atoms with Gasteiger partial charge in [-0.1, -0.05) is 23.2 Å². The summed E-state index contributed by atoms with van der Waals surface area (Å²) in [7, 11) is 0. The molecule has 2 aromatic rings. The molecule has 0 aliphatic rings. The van der Waals surface area contributed by atoms with E-state index in [9.17, 15) is 10.1 Å². The third kappa shape index (κ3) is 3.28. The molecular formula is C12H9Cl2N3O3. The molecule has 2 rings (SSSR count). The van der Waals surface area contributed by atoms with E-state index in [1.165, 1.54) is 12.1 Å². The van der Waals surface area contributed by atoms with Gasteiger partial charge in [-0.05, 0) is 12.1 Å². The number of nitrogens with two attached hydrogens (primary N) is 1. The fourth-order valence-corrected chi connectivity index (χ4v) is 2.10. The quantitative estimate of drug-likeness (QED) is 0.689. The normalized spacial score (nSPS) is 10.3. The Morgan fingerprint density at radius 1 is 1.30 bits per heavy atom. The second-order valence-electron chi connectivity index (χ2n) is 3.86. The van der Waals surface area contributed by atoms with E-state index in [0.717, 1.165) is 0 Å². The summed E-state index contributed by atoms with van der Waals surface area (Å²) in [5.74, 6) is 0.170. The summed E-state index contributed by atoms with van der Waals surface area (Å²) in [6.45, 7) is 0.0995. The van der Waals surface area contributed by atoms with Gasteiger partial charge < -0.3 is 10.5 Å². The summed E-state index contributed by atoms with van der Waals surface area (Å²) in [4.78, 5) is 14.1. The Morgan fingerprint density at radius 3 is 2.50 bits per heavy atom. The number of pyridine rings is 1. The highest BCUT2D eigenvalue weighted by atomic mass is 35.5. The number of hydrogen-bond donors (Lipinski definition) is 1. The van der Waals surface area contributed by atoms with E-state index in [0.29, 0.717) is 11.4 Å². The van der Waals surface area contributed by atoms with E-state index in [-0.39, 0.29) is 28.1 Å². The van der Waals surface area contributed by atoms with Crippen molar-refractivity contribution < 1.29 is 9.66 Å². The van der Waals surface area contributed by atoms with Crippen molar-refractivity contribution in [3.05, 3.63) is 56.3 Å². The minimum atomic E-state index is -0.582. The molecule has 20 heavy (non-hydrogen) atoms. The van der Waals surface area contributed by atoms with Gasteiger partial charge in [-0.3, -0.25) is 15.1 Å². The molecule has 0 saturated heterocycles. The van der Waals surface area contributed by atoms with Crippen LogP contribution in [-0.4, -0.2) is 9.91 Å². The topological polar surface area (TPSA) is 91.3 Å². The minimum absolute atomic E-state index is 0.0631. The molecule has 1 aromatic carbocycles. The monoisotopic (exact) mass is 313 g/mol. The maximum Gasteiger partial charge on any atom is 0.272 e. The Labute approximate surface area is 124 Å². The molecule has 0 saturated carbocycles. The summed E-state index contributed by atoms with van der Waals surface area (Å²) < 4.78 is 5.44. The number of nitro benzene ring substituents is 1. The number of benzene rings is 1. The van der Waals surface area contributed by atoms with Gasteiger partial charge in [0.05, 0.1) is 20.7 Å². The predicted molar refractivity (Wildman–Crippen MR) is 76.1 cm³/mol. The first kappa shape index (κ1) is 14.4. The second kappa shape index (κ2) is 5.94. The Kier molecular flexibility index (Phi) is 4.26. The number of anilines is 1. The molecule has 0 fully saturated rings. The molecule has 0 atom stereocenters. The molecule has 104 valence electrons. The van der Waals surface area contributed by atoms with Gasteiger partial charge in [0.2, 0.25) is 0 Å². The van der Waals surface area contributed by atoms with Crippen LogP contribution in [0.3, 0.4) is 0 Å². The SMILES string of the molecule is Nc1ccnc(COc2c(Cl)cc([N+](=O)[O-])cc2Cl)c1. The lowest BCUT2D eigenvalue weighted by atomic mass is 10.3. The molecule has 0 bridgehead atoms. The van der Waals surface area contributed by atoms with Crippen molar-refractivity contribution in [1.82, 2.24) is 4.98 Å².